The number of imide groups is 3. The quantitative estimate of drug-likeness (QED) is 0.0994. The van der Waals surface area contributed by atoms with Crippen LogP contribution in [0.15, 0.2) is 54.6 Å². The molecule has 0 spiro atoms. The maximum absolute atomic E-state index is 13.7. The molecular weight excluding hydrogens is 1320 g/mol. The molecule has 6 aliphatic heterocycles. The maximum Gasteiger partial charge on any atom is 0.407 e. The monoisotopic (exact) mass is 1400 g/mol. The number of hydrogen-bond donors (Lipinski definition) is 7. The minimum Gasteiger partial charge on any atom is -0.444 e. The Morgan fingerprint density at radius 2 is 0.881 bits per heavy atom. The van der Waals surface area contributed by atoms with Gasteiger partial charge in [0.25, 0.3) is 35.4 Å². The standard InChI is InChI=1S/C21H27N3O5.C16H19N3O3.C13H11FN2O3.C7H16N2O2.ClH.V.W/c1-21(2,3)29-20(28)23-12-5-8-13-7-4-9-14-16(13)19(27)24(18(14)26)15-10-6-11-22-17(15)25;17-8-2-5-10-4-1-6-11-13(10)16(22)19(15(11)21)12-7-3-9-18-14(12)20;14-8-4-1-3-7-10(8)13(19)16(12(7)18)9-5-2-6-15-11(9)17;1-7(2,3)11-6(10)9-5-4-8;;;/h4,7,9,15H,5-6,8,10-12H2,1-3H3,(H,22,25)(H,23,28);1,4,6,12H,2-3,5,7-9,17H2,(H,18,20);1,3-4,9H,2,5-6H2,(H,15,17);4-5,8H2,1-3H3,(H,9,10);1H;;. The molecule has 84 heavy (non-hydrogen) atoms. The van der Waals surface area contributed by atoms with Crippen molar-refractivity contribution < 1.29 is 106 Å². The molecule has 0 bridgehead atoms. The number of fused-ring (bicyclic) bond motifs is 3. The molecule has 6 aliphatic rings. The number of benzene rings is 3. The minimum absolute atomic E-state index is 0. The number of nitrogens with two attached hydrogens (primary N) is 2. The predicted octanol–water partition coefficient (Wildman–Crippen LogP) is 4.06. The van der Waals surface area contributed by atoms with Crippen molar-refractivity contribution in [3.05, 3.63) is 105 Å². The van der Waals surface area contributed by atoms with Crippen LogP contribution in [0.25, 0.3) is 0 Å². The van der Waals surface area contributed by atoms with Crippen molar-refractivity contribution in [3.63, 3.8) is 0 Å². The van der Waals surface area contributed by atoms with E-state index in [-0.39, 0.29) is 92.7 Å². The second-order valence-corrected chi connectivity index (χ2v) is 21.8. The number of amides is 11. The average Bonchev–Trinajstić information content (AvgIpc) is 4.20. The topological polar surface area (TPSA) is 328 Å². The number of carbonyl (C=O) groups is 11. The number of aryl methyl sites for hydroxylation is 2. The van der Waals surface area contributed by atoms with Crippen molar-refractivity contribution in [2.24, 2.45) is 11.5 Å². The van der Waals surface area contributed by atoms with Gasteiger partial charge in [-0.25, -0.2) is 14.0 Å². The fourth-order valence-corrected chi connectivity index (χ4v) is 9.85. The van der Waals surface area contributed by atoms with E-state index in [1.807, 2.05) is 32.9 Å². The van der Waals surface area contributed by atoms with Gasteiger partial charge < -0.3 is 47.5 Å². The van der Waals surface area contributed by atoms with Crippen LogP contribution in [0.5, 0.6) is 0 Å². The van der Waals surface area contributed by atoms with Gasteiger partial charge in [-0.2, -0.15) is 0 Å². The second-order valence-electron chi connectivity index (χ2n) is 21.8. The summed E-state index contributed by atoms with van der Waals surface area (Å²) in [7, 11) is 0. The van der Waals surface area contributed by atoms with Crippen molar-refractivity contribution in [3.8, 4) is 0 Å². The van der Waals surface area contributed by atoms with Crippen molar-refractivity contribution in [2.45, 2.75) is 135 Å². The molecule has 3 atom stereocenters. The summed E-state index contributed by atoms with van der Waals surface area (Å²) >= 11 is 0. The number of rotatable bonds is 12. The van der Waals surface area contributed by atoms with E-state index in [9.17, 15) is 57.1 Å². The molecule has 6 heterocycles. The van der Waals surface area contributed by atoms with Crippen LogP contribution in [0.4, 0.5) is 14.0 Å². The minimum atomic E-state index is -0.833. The van der Waals surface area contributed by atoms with Gasteiger partial charge in [-0.15, -0.1) is 12.4 Å². The van der Waals surface area contributed by atoms with Crippen LogP contribution < -0.4 is 38.1 Å². The number of alkyl carbamates (subject to hydrolysis) is 2. The van der Waals surface area contributed by atoms with Gasteiger partial charge in [0.2, 0.25) is 17.7 Å². The summed E-state index contributed by atoms with van der Waals surface area (Å²) in [5, 5.41) is 13.2. The average molecular weight is 1400 g/mol. The molecule has 3 fully saturated rings. The molecule has 0 aromatic heterocycles. The van der Waals surface area contributed by atoms with Crippen LogP contribution in [0.2, 0.25) is 0 Å². The second kappa shape index (κ2) is 32.1. The largest absolute Gasteiger partial charge is 0.444 e. The fourth-order valence-electron chi connectivity index (χ4n) is 9.85. The zero-order valence-corrected chi connectivity index (χ0v) is 53.0. The Hall–Kier alpha value is -6.56. The van der Waals surface area contributed by atoms with E-state index >= 15 is 0 Å². The number of carbonyl (C=O) groups excluding carboxylic acids is 11. The third kappa shape index (κ3) is 17.8. The number of hydrogen-bond acceptors (Lipinski definition) is 15. The first-order chi connectivity index (χ1) is 38.4. The molecule has 3 saturated heterocycles. The predicted molar refractivity (Wildman–Crippen MR) is 299 cm³/mol. The summed E-state index contributed by atoms with van der Waals surface area (Å²) in [5.74, 6) is -4.48. The molecule has 0 aliphatic carbocycles. The molecule has 3 unspecified atom stereocenters. The van der Waals surface area contributed by atoms with E-state index in [1.165, 1.54) is 12.1 Å². The van der Waals surface area contributed by atoms with Gasteiger partial charge in [0, 0.05) is 78.9 Å². The van der Waals surface area contributed by atoms with Crippen LogP contribution in [0.1, 0.15) is 166 Å². The van der Waals surface area contributed by atoms with Crippen LogP contribution in [-0.4, -0.2) is 155 Å². The Labute approximate surface area is 519 Å². The summed E-state index contributed by atoms with van der Waals surface area (Å²) < 4.78 is 23.8. The normalized spacial score (nSPS) is 18.6. The number of halogens is 2. The molecule has 455 valence electrons. The number of nitrogens with one attached hydrogen (secondary N) is 5. The molecule has 27 heteroatoms. The Morgan fingerprint density at radius 1 is 0.536 bits per heavy atom. The van der Waals surface area contributed by atoms with Crippen LogP contribution >= 0.6 is 12.4 Å². The first-order valence-electron chi connectivity index (χ1n) is 27.2. The van der Waals surface area contributed by atoms with Crippen LogP contribution in [-0.2, 0) is 76.3 Å². The zero-order chi connectivity index (χ0) is 59.3. The van der Waals surface area contributed by atoms with Gasteiger partial charge in [-0.1, -0.05) is 30.3 Å². The SMILES string of the molecule is CC(C)(C)OC(=O)NCCCc1cccc2c1C(=O)N(C1CCCNC1=O)C2=O.CC(C)(C)OC(=O)NCCN.Cl.NCCCc1cccc2c1C(=O)N(C1CCCNC1=O)C2=O.O=C1NCCCC1N1C(=O)c2cccc(F)c2C1=O.[V].[W]. The van der Waals surface area contributed by atoms with Crippen molar-refractivity contribution >= 4 is 77.8 Å². The third-order valence-corrected chi connectivity index (χ3v) is 13.4. The molecule has 23 nitrogen and oxygen atoms in total. The Bertz CT molecular complexity index is 2960. The zero-order valence-electron chi connectivity index (χ0n) is 47.9. The van der Waals surface area contributed by atoms with Crippen molar-refractivity contribution in [1.29, 1.82) is 0 Å². The number of ether oxygens (including phenoxy) is 2. The number of piperidine rings is 3. The van der Waals surface area contributed by atoms with E-state index in [0.717, 1.165) is 51.2 Å². The molecular formula is C57H74ClFN10O13VW. The van der Waals surface area contributed by atoms with Crippen molar-refractivity contribution in [1.82, 2.24) is 41.3 Å². The van der Waals surface area contributed by atoms with Gasteiger partial charge in [-0.05, 0) is 148 Å². The summed E-state index contributed by atoms with van der Waals surface area (Å²) in [4.78, 5) is 137. The molecule has 0 saturated carbocycles. The van der Waals surface area contributed by atoms with Crippen LogP contribution in [0.3, 0.4) is 0 Å². The first kappa shape index (κ1) is 71.7. The van der Waals surface area contributed by atoms with Gasteiger partial charge in [0.05, 0.1) is 33.4 Å². The summed E-state index contributed by atoms with van der Waals surface area (Å²) in [6.07, 6.45) is 5.21. The van der Waals surface area contributed by atoms with Gasteiger partial charge in [0.1, 0.15) is 35.1 Å². The molecule has 9 rings (SSSR count). The van der Waals surface area contributed by atoms with E-state index in [2.05, 4.69) is 26.6 Å². The first-order valence-corrected chi connectivity index (χ1v) is 27.2. The van der Waals surface area contributed by atoms with Gasteiger partial charge in [0.15, 0.2) is 0 Å². The summed E-state index contributed by atoms with van der Waals surface area (Å²) in [5.41, 5.74) is 12.6. The third-order valence-electron chi connectivity index (χ3n) is 13.4. The fraction of sp³-hybridized carbons (Fsp3) is 0.491. The maximum atomic E-state index is 13.7. The molecule has 11 amide bonds. The molecule has 1 radical (unpaired) electrons. The number of nitrogens with zero attached hydrogens (tertiary/aromatic N) is 3. The van der Waals surface area contributed by atoms with E-state index in [0.29, 0.717) is 113 Å². The van der Waals surface area contributed by atoms with Crippen LogP contribution in [0, 0.1) is 5.82 Å². The van der Waals surface area contributed by atoms with E-state index in [4.69, 9.17) is 20.9 Å². The molecule has 3 aromatic carbocycles. The smallest absolute Gasteiger partial charge is 0.407 e. The Kier molecular flexibility index (Phi) is 27.4. The molecule has 9 N–H and O–H groups in total. The van der Waals surface area contributed by atoms with E-state index < -0.39 is 71.0 Å². The summed E-state index contributed by atoms with van der Waals surface area (Å²) in [6.45, 7) is 14.3. The molecule has 3 aromatic rings. The van der Waals surface area contributed by atoms with Gasteiger partial charge >= 0.3 is 12.2 Å². The van der Waals surface area contributed by atoms with Gasteiger partial charge in [-0.3, -0.25) is 57.9 Å². The van der Waals surface area contributed by atoms with Crippen molar-refractivity contribution in [2.75, 3.05) is 45.8 Å². The van der Waals surface area contributed by atoms with E-state index in [1.54, 1.807) is 45.0 Å². The summed E-state index contributed by atoms with van der Waals surface area (Å²) in [6, 6.07) is 12.1. The Morgan fingerprint density at radius 3 is 1.23 bits per heavy atom. The Balaban J connectivity index is 0.000000303.